The molecule has 0 fully saturated rings. The Morgan fingerprint density at radius 1 is 1.43 bits per heavy atom. The van der Waals surface area contributed by atoms with E-state index < -0.39 is 0 Å². The average molecular weight is 191 g/mol. The van der Waals surface area contributed by atoms with Crippen LogP contribution in [0, 0.1) is 0 Å². The Bertz CT molecular complexity index is 414. The lowest BCUT2D eigenvalue weighted by atomic mass is 10.4. The van der Waals surface area contributed by atoms with E-state index >= 15 is 0 Å². The van der Waals surface area contributed by atoms with Crippen molar-refractivity contribution in [2.75, 3.05) is 0 Å². The van der Waals surface area contributed by atoms with E-state index in [0.29, 0.717) is 13.1 Å². The van der Waals surface area contributed by atoms with Gasteiger partial charge in [-0.25, -0.2) is 0 Å². The number of rotatable bonds is 3. The average Bonchev–Trinajstić information content (AvgIpc) is 2.76. The first-order valence-corrected chi connectivity index (χ1v) is 4.49. The monoisotopic (exact) mass is 191 g/mol. The van der Waals surface area contributed by atoms with Gasteiger partial charge >= 0.3 is 0 Å². The maximum absolute atomic E-state index is 5.57. The maximum atomic E-state index is 5.57. The lowest BCUT2D eigenvalue weighted by Crippen LogP contribution is -2.10. The Morgan fingerprint density at radius 3 is 2.93 bits per heavy atom. The smallest absolute Gasteiger partial charge is 0.0853 e. The first kappa shape index (κ1) is 8.96. The summed E-state index contributed by atoms with van der Waals surface area (Å²) in [7, 11) is 1.90. The Morgan fingerprint density at radius 2 is 2.29 bits per heavy atom. The fourth-order valence-corrected chi connectivity index (χ4v) is 1.38. The topological polar surface area (TPSA) is 61.7 Å². The minimum Gasteiger partial charge on any atom is -0.325 e. The second kappa shape index (κ2) is 3.63. The van der Waals surface area contributed by atoms with Gasteiger partial charge in [0.25, 0.3) is 0 Å². The van der Waals surface area contributed by atoms with Crippen LogP contribution < -0.4 is 5.73 Å². The molecule has 0 spiro atoms. The van der Waals surface area contributed by atoms with Crippen molar-refractivity contribution in [3.8, 4) is 0 Å². The van der Waals surface area contributed by atoms with Gasteiger partial charge in [-0.15, -0.1) is 0 Å². The van der Waals surface area contributed by atoms with E-state index in [2.05, 4.69) is 10.2 Å². The van der Waals surface area contributed by atoms with Gasteiger partial charge in [0.15, 0.2) is 0 Å². The Balaban J connectivity index is 2.18. The van der Waals surface area contributed by atoms with Crippen molar-refractivity contribution in [1.29, 1.82) is 0 Å². The highest BCUT2D eigenvalue weighted by molar-refractivity contribution is 5.05. The number of nitrogens with zero attached hydrogens (tertiary/aromatic N) is 4. The molecular formula is C9H13N5. The van der Waals surface area contributed by atoms with Crippen LogP contribution in [0.4, 0.5) is 0 Å². The van der Waals surface area contributed by atoms with Crippen LogP contribution in [-0.2, 0) is 20.1 Å². The van der Waals surface area contributed by atoms with E-state index in [-0.39, 0.29) is 0 Å². The van der Waals surface area contributed by atoms with Crippen LogP contribution in [0.2, 0.25) is 0 Å². The molecule has 14 heavy (non-hydrogen) atoms. The highest BCUT2D eigenvalue weighted by Crippen LogP contribution is 2.02. The van der Waals surface area contributed by atoms with E-state index in [1.165, 1.54) is 0 Å². The molecule has 2 aromatic heterocycles. The minimum atomic E-state index is 0.507. The summed E-state index contributed by atoms with van der Waals surface area (Å²) in [6.07, 6.45) is 3.67. The van der Waals surface area contributed by atoms with Crippen LogP contribution in [0.3, 0.4) is 0 Å². The SMILES string of the molecule is Cn1ccc(Cn2nccc2CN)n1. The predicted octanol–water partition coefficient (Wildman–Crippen LogP) is 0.124. The summed E-state index contributed by atoms with van der Waals surface area (Å²) in [5, 5.41) is 8.45. The zero-order chi connectivity index (χ0) is 9.97. The van der Waals surface area contributed by atoms with Crippen LogP contribution in [-0.4, -0.2) is 19.6 Å². The van der Waals surface area contributed by atoms with Gasteiger partial charge in [0.2, 0.25) is 0 Å². The summed E-state index contributed by atoms with van der Waals surface area (Å²) in [6, 6.07) is 3.89. The molecule has 0 bridgehead atoms. The van der Waals surface area contributed by atoms with Crippen molar-refractivity contribution in [2.45, 2.75) is 13.1 Å². The fraction of sp³-hybridized carbons (Fsp3) is 0.333. The fourth-order valence-electron chi connectivity index (χ4n) is 1.38. The third-order valence-corrected chi connectivity index (χ3v) is 2.09. The summed E-state index contributed by atoms with van der Waals surface area (Å²) >= 11 is 0. The number of nitrogens with two attached hydrogens (primary N) is 1. The largest absolute Gasteiger partial charge is 0.325 e. The van der Waals surface area contributed by atoms with Gasteiger partial charge in [0.05, 0.1) is 17.9 Å². The summed E-state index contributed by atoms with van der Waals surface area (Å²) in [5.74, 6) is 0. The van der Waals surface area contributed by atoms with Crippen molar-refractivity contribution in [2.24, 2.45) is 12.8 Å². The van der Waals surface area contributed by atoms with Crippen molar-refractivity contribution < 1.29 is 0 Å². The second-order valence-electron chi connectivity index (χ2n) is 3.17. The second-order valence-corrected chi connectivity index (χ2v) is 3.17. The molecule has 0 unspecified atom stereocenters. The molecule has 2 heterocycles. The summed E-state index contributed by atoms with van der Waals surface area (Å²) in [4.78, 5) is 0. The summed E-state index contributed by atoms with van der Waals surface area (Å²) < 4.78 is 3.64. The molecule has 2 aromatic rings. The maximum Gasteiger partial charge on any atom is 0.0853 e. The van der Waals surface area contributed by atoms with Crippen molar-refractivity contribution in [3.05, 3.63) is 35.9 Å². The molecule has 2 N–H and O–H groups in total. The molecule has 0 aromatic carbocycles. The molecule has 74 valence electrons. The van der Waals surface area contributed by atoms with Gasteiger partial charge in [-0.1, -0.05) is 0 Å². The predicted molar refractivity (Wildman–Crippen MR) is 52.4 cm³/mol. The van der Waals surface area contributed by atoms with E-state index in [1.54, 1.807) is 10.9 Å². The van der Waals surface area contributed by atoms with Crippen LogP contribution in [0.5, 0.6) is 0 Å². The van der Waals surface area contributed by atoms with Gasteiger partial charge in [-0.05, 0) is 12.1 Å². The van der Waals surface area contributed by atoms with E-state index in [0.717, 1.165) is 11.4 Å². The molecular weight excluding hydrogens is 178 g/mol. The highest BCUT2D eigenvalue weighted by atomic mass is 15.3. The van der Waals surface area contributed by atoms with Gasteiger partial charge in [0, 0.05) is 26.0 Å². The van der Waals surface area contributed by atoms with Crippen molar-refractivity contribution >= 4 is 0 Å². The van der Waals surface area contributed by atoms with Gasteiger partial charge < -0.3 is 5.73 Å². The Labute approximate surface area is 82.1 Å². The van der Waals surface area contributed by atoms with Crippen LogP contribution >= 0.6 is 0 Å². The zero-order valence-electron chi connectivity index (χ0n) is 8.09. The lowest BCUT2D eigenvalue weighted by molar-refractivity contribution is 0.621. The number of aryl methyl sites for hydroxylation is 1. The van der Waals surface area contributed by atoms with Gasteiger partial charge in [-0.3, -0.25) is 9.36 Å². The minimum absolute atomic E-state index is 0.507. The summed E-state index contributed by atoms with van der Waals surface area (Å²) in [5.41, 5.74) is 7.58. The van der Waals surface area contributed by atoms with Gasteiger partial charge in [-0.2, -0.15) is 10.2 Å². The molecule has 0 saturated carbocycles. The number of hydrogen-bond acceptors (Lipinski definition) is 3. The highest BCUT2D eigenvalue weighted by Gasteiger charge is 2.02. The molecule has 5 nitrogen and oxygen atoms in total. The Hall–Kier alpha value is -1.62. The molecule has 0 aliphatic rings. The van der Waals surface area contributed by atoms with Gasteiger partial charge in [0.1, 0.15) is 0 Å². The van der Waals surface area contributed by atoms with Crippen molar-refractivity contribution in [3.63, 3.8) is 0 Å². The van der Waals surface area contributed by atoms with Crippen molar-refractivity contribution in [1.82, 2.24) is 19.6 Å². The Kier molecular flexibility index (Phi) is 2.32. The van der Waals surface area contributed by atoms with Crippen LogP contribution in [0.15, 0.2) is 24.5 Å². The first-order valence-electron chi connectivity index (χ1n) is 4.49. The number of hydrogen-bond donors (Lipinski definition) is 1. The normalized spacial score (nSPS) is 10.7. The standard InChI is InChI=1S/C9H13N5/c1-13-5-3-8(12-13)7-14-9(6-10)2-4-11-14/h2-5H,6-7,10H2,1H3. The van der Waals surface area contributed by atoms with E-state index in [1.807, 2.05) is 30.1 Å². The number of aromatic nitrogens is 4. The van der Waals surface area contributed by atoms with Crippen LogP contribution in [0.25, 0.3) is 0 Å². The first-order chi connectivity index (χ1) is 6.79. The molecule has 0 saturated heterocycles. The molecule has 0 amide bonds. The molecule has 0 atom stereocenters. The molecule has 0 radical (unpaired) electrons. The summed E-state index contributed by atoms with van der Waals surface area (Å²) in [6.45, 7) is 1.19. The molecule has 2 rings (SSSR count). The lowest BCUT2D eigenvalue weighted by Gasteiger charge is -2.02. The molecule has 5 heteroatoms. The zero-order valence-corrected chi connectivity index (χ0v) is 8.09. The third-order valence-electron chi connectivity index (χ3n) is 2.09. The van der Waals surface area contributed by atoms with E-state index in [9.17, 15) is 0 Å². The molecule has 0 aliphatic heterocycles. The van der Waals surface area contributed by atoms with E-state index in [4.69, 9.17) is 5.73 Å². The third kappa shape index (κ3) is 1.67. The quantitative estimate of drug-likeness (QED) is 0.749. The molecule has 0 aliphatic carbocycles. The van der Waals surface area contributed by atoms with Crippen LogP contribution in [0.1, 0.15) is 11.4 Å².